The fraction of sp³-hybridized carbons (Fsp3) is 0.538. The standard InChI is InChI=1S/C26H34N4.ClH/c1-16-14-17(2)23(18(3)15-16)24-20(5)28-30-25(24)27-19(4)22-12-13-29(26(22)30)21-10-8-6-7-9-11-21;/h14-15,21H,6-13H2,1-5H3;1H. The second-order valence-electron chi connectivity index (χ2n) is 9.56. The summed E-state index contributed by atoms with van der Waals surface area (Å²) in [4.78, 5) is 7.79. The Labute approximate surface area is 192 Å². The third-order valence-corrected chi connectivity index (χ3v) is 7.28. The van der Waals surface area contributed by atoms with Crippen molar-refractivity contribution < 1.29 is 0 Å². The van der Waals surface area contributed by atoms with Gasteiger partial charge in [0.05, 0.1) is 11.3 Å². The number of hydrogen-bond acceptors (Lipinski definition) is 3. The average molecular weight is 439 g/mol. The number of fused-ring (bicyclic) bond motifs is 3. The van der Waals surface area contributed by atoms with Crippen LogP contribution >= 0.6 is 12.4 Å². The first-order chi connectivity index (χ1) is 14.5. The monoisotopic (exact) mass is 438 g/mol. The van der Waals surface area contributed by atoms with E-state index >= 15 is 0 Å². The van der Waals surface area contributed by atoms with Gasteiger partial charge in [0.2, 0.25) is 0 Å². The van der Waals surface area contributed by atoms with Crippen molar-refractivity contribution in [3.05, 3.63) is 45.8 Å². The fourth-order valence-corrected chi connectivity index (χ4v) is 6.00. The highest BCUT2D eigenvalue weighted by Gasteiger charge is 2.32. The zero-order valence-electron chi connectivity index (χ0n) is 19.6. The number of aryl methyl sites for hydroxylation is 5. The highest BCUT2D eigenvalue weighted by molar-refractivity contribution is 5.86. The summed E-state index contributed by atoms with van der Waals surface area (Å²) in [5.74, 6) is 1.32. The number of hydrogen-bond donors (Lipinski definition) is 0. The molecule has 2 aliphatic rings. The van der Waals surface area contributed by atoms with E-state index in [-0.39, 0.29) is 12.4 Å². The lowest BCUT2D eigenvalue weighted by molar-refractivity contribution is 0.530. The van der Waals surface area contributed by atoms with E-state index in [1.54, 1.807) is 0 Å². The van der Waals surface area contributed by atoms with E-state index in [1.165, 1.54) is 83.4 Å². The number of halogens is 1. The number of nitrogens with zero attached hydrogens (tertiary/aromatic N) is 4. The van der Waals surface area contributed by atoms with E-state index < -0.39 is 0 Å². The van der Waals surface area contributed by atoms with Crippen LogP contribution in [0.1, 0.15) is 72.2 Å². The van der Waals surface area contributed by atoms with Crippen LogP contribution in [0, 0.1) is 34.6 Å². The molecule has 5 heteroatoms. The summed E-state index contributed by atoms with van der Waals surface area (Å²) >= 11 is 0. The van der Waals surface area contributed by atoms with Crippen molar-refractivity contribution >= 4 is 23.9 Å². The van der Waals surface area contributed by atoms with Gasteiger partial charge in [-0.1, -0.05) is 43.4 Å². The van der Waals surface area contributed by atoms with Crippen molar-refractivity contribution in [2.24, 2.45) is 0 Å². The maximum Gasteiger partial charge on any atom is 0.165 e. The topological polar surface area (TPSA) is 33.4 Å². The molecule has 0 amide bonds. The molecule has 0 saturated heterocycles. The van der Waals surface area contributed by atoms with Crippen LogP contribution in [-0.2, 0) is 6.42 Å². The Hall–Kier alpha value is -2.07. The van der Waals surface area contributed by atoms with E-state index in [1.807, 2.05) is 0 Å². The summed E-state index contributed by atoms with van der Waals surface area (Å²) in [7, 11) is 0. The molecule has 1 aromatic carbocycles. The molecular weight excluding hydrogens is 404 g/mol. The summed E-state index contributed by atoms with van der Waals surface area (Å²) in [5, 5.41) is 5.09. The Morgan fingerprint density at radius 3 is 2.13 bits per heavy atom. The van der Waals surface area contributed by atoms with Crippen LogP contribution in [-0.4, -0.2) is 27.2 Å². The van der Waals surface area contributed by atoms with Crippen molar-refractivity contribution in [1.29, 1.82) is 0 Å². The van der Waals surface area contributed by atoms with Gasteiger partial charge < -0.3 is 4.90 Å². The van der Waals surface area contributed by atoms with Crippen LogP contribution in [0.25, 0.3) is 16.8 Å². The Morgan fingerprint density at radius 2 is 1.48 bits per heavy atom. The Kier molecular flexibility index (Phi) is 6.04. The molecule has 0 radical (unpaired) electrons. The molecule has 2 aromatic heterocycles. The minimum atomic E-state index is 0. The normalized spacial score (nSPS) is 17.0. The van der Waals surface area contributed by atoms with Crippen molar-refractivity contribution in [2.75, 3.05) is 11.4 Å². The van der Waals surface area contributed by atoms with Crippen LogP contribution in [0.4, 0.5) is 5.82 Å². The van der Waals surface area contributed by atoms with Gasteiger partial charge in [0.1, 0.15) is 5.82 Å². The van der Waals surface area contributed by atoms with Crippen LogP contribution in [0.2, 0.25) is 0 Å². The Bertz CT molecular complexity index is 1100. The maximum atomic E-state index is 5.12. The zero-order valence-corrected chi connectivity index (χ0v) is 20.4. The molecule has 166 valence electrons. The molecule has 4 nitrogen and oxygen atoms in total. The van der Waals surface area contributed by atoms with E-state index in [0.29, 0.717) is 6.04 Å². The van der Waals surface area contributed by atoms with Crippen LogP contribution in [0.3, 0.4) is 0 Å². The van der Waals surface area contributed by atoms with E-state index in [4.69, 9.17) is 10.1 Å². The first-order valence-electron chi connectivity index (χ1n) is 11.7. The van der Waals surface area contributed by atoms with Gasteiger partial charge in [0.25, 0.3) is 0 Å². The predicted molar refractivity (Wildman–Crippen MR) is 132 cm³/mol. The van der Waals surface area contributed by atoms with Crippen LogP contribution in [0.15, 0.2) is 12.1 Å². The number of benzene rings is 1. The van der Waals surface area contributed by atoms with Crippen molar-refractivity contribution in [2.45, 2.75) is 85.6 Å². The second-order valence-corrected chi connectivity index (χ2v) is 9.56. The van der Waals surface area contributed by atoms with Gasteiger partial charge in [-0.05, 0) is 70.6 Å². The minimum Gasteiger partial charge on any atom is -0.353 e. The number of anilines is 1. The SMILES string of the molecule is Cc1cc(C)c(-c2c(C)nn3c4c(c(C)nc23)CCN4C2CCCCCC2)c(C)c1.Cl. The molecule has 0 unspecified atom stereocenters. The minimum absolute atomic E-state index is 0. The van der Waals surface area contributed by atoms with Gasteiger partial charge in [0, 0.05) is 23.8 Å². The summed E-state index contributed by atoms with van der Waals surface area (Å²) in [6.07, 6.45) is 9.20. The third-order valence-electron chi connectivity index (χ3n) is 7.28. The van der Waals surface area contributed by atoms with E-state index in [2.05, 4.69) is 56.2 Å². The molecule has 1 aliphatic heterocycles. The van der Waals surface area contributed by atoms with E-state index in [0.717, 1.165) is 24.3 Å². The lowest BCUT2D eigenvalue weighted by Gasteiger charge is -2.29. The molecule has 3 aromatic rings. The van der Waals surface area contributed by atoms with Gasteiger partial charge in [-0.3, -0.25) is 0 Å². The van der Waals surface area contributed by atoms with Gasteiger partial charge in [-0.15, -0.1) is 12.4 Å². The lowest BCUT2D eigenvalue weighted by atomic mass is 9.94. The first kappa shape index (κ1) is 22.1. The van der Waals surface area contributed by atoms with Gasteiger partial charge in [-0.2, -0.15) is 9.61 Å². The number of aromatic nitrogens is 3. The zero-order chi connectivity index (χ0) is 21.0. The highest BCUT2D eigenvalue weighted by atomic mass is 35.5. The average Bonchev–Trinajstić information content (AvgIpc) is 3.13. The second kappa shape index (κ2) is 8.46. The third kappa shape index (κ3) is 3.63. The largest absolute Gasteiger partial charge is 0.353 e. The van der Waals surface area contributed by atoms with Gasteiger partial charge >= 0.3 is 0 Å². The summed E-state index contributed by atoms with van der Waals surface area (Å²) in [5.41, 5.74) is 11.1. The fourth-order valence-electron chi connectivity index (χ4n) is 6.00. The van der Waals surface area contributed by atoms with Gasteiger partial charge in [0.15, 0.2) is 5.65 Å². The smallest absolute Gasteiger partial charge is 0.165 e. The molecule has 1 saturated carbocycles. The molecular formula is C26H35ClN4. The summed E-state index contributed by atoms with van der Waals surface area (Å²) < 4.78 is 2.18. The summed E-state index contributed by atoms with van der Waals surface area (Å²) in [6, 6.07) is 5.21. The Balaban J connectivity index is 0.00000231. The number of rotatable bonds is 2. The van der Waals surface area contributed by atoms with Crippen molar-refractivity contribution in [3.8, 4) is 11.1 Å². The summed E-state index contributed by atoms with van der Waals surface area (Å²) in [6.45, 7) is 12.1. The van der Waals surface area contributed by atoms with Crippen LogP contribution in [0.5, 0.6) is 0 Å². The van der Waals surface area contributed by atoms with Gasteiger partial charge in [-0.25, -0.2) is 4.98 Å². The highest BCUT2D eigenvalue weighted by Crippen LogP contribution is 2.40. The molecule has 1 fully saturated rings. The van der Waals surface area contributed by atoms with E-state index in [9.17, 15) is 0 Å². The molecule has 5 rings (SSSR count). The maximum absolute atomic E-state index is 5.12. The Morgan fingerprint density at radius 1 is 0.839 bits per heavy atom. The molecule has 0 bridgehead atoms. The quantitative estimate of drug-likeness (QED) is 0.431. The van der Waals surface area contributed by atoms with Crippen molar-refractivity contribution in [1.82, 2.24) is 14.6 Å². The first-order valence-corrected chi connectivity index (χ1v) is 11.7. The molecule has 0 spiro atoms. The predicted octanol–water partition coefficient (Wildman–Crippen LogP) is 6.45. The van der Waals surface area contributed by atoms with Crippen molar-refractivity contribution in [3.63, 3.8) is 0 Å². The lowest BCUT2D eigenvalue weighted by Crippen LogP contribution is -2.34. The van der Waals surface area contributed by atoms with Crippen LogP contribution < -0.4 is 4.90 Å². The molecule has 1 aliphatic carbocycles. The molecule has 0 N–H and O–H groups in total. The molecule has 3 heterocycles. The molecule has 0 atom stereocenters. The molecule has 31 heavy (non-hydrogen) atoms.